The molecule has 2 heterocycles. The first-order valence-corrected chi connectivity index (χ1v) is 19.3. The van der Waals surface area contributed by atoms with Crippen molar-refractivity contribution >= 4 is 51.3 Å². The second-order valence-corrected chi connectivity index (χ2v) is 16.5. The summed E-state index contributed by atoms with van der Waals surface area (Å²) >= 11 is 1.63. The number of aromatic nitrogens is 1. The summed E-state index contributed by atoms with van der Waals surface area (Å²) in [5, 5.41) is 0. The van der Waals surface area contributed by atoms with Gasteiger partial charge in [-0.25, -0.2) is 0 Å². The molecule has 0 spiro atoms. The summed E-state index contributed by atoms with van der Waals surface area (Å²) in [6.45, 7) is 17.6. The molecule has 3 aromatic carbocycles. The first-order chi connectivity index (χ1) is 19.0. The van der Waals surface area contributed by atoms with E-state index in [9.17, 15) is 0 Å². The van der Waals surface area contributed by atoms with Gasteiger partial charge in [-0.2, -0.15) is 6.67 Å². The van der Waals surface area contributed by atoms with Crippen LogP contribution in [0.15, 0.2) is 83.6 Å². The molecular formula is C33H37BrCl2N3Ru-. The number of aryl methyl sites for hydroxylation is 6. The molecule has 0 N–H and O–H groups in total. The minimum atomic E-state index is -1.61. The number of rotatable bonds is 3. The Kier molecular flexibility index (Phi) is 12.8. The van der Waals surface area contributed by atoms with Gasteiger partial charge in [0.15, 0.2) is 0 Å². The van der Waals surface area contributed by atoms with Gasteiger partial charge in [0.25, 0.3) is 0 Å². The normalized spacial score (nSPS) is 12.7. The van der Waals surface area contributed by atoms with Gasteiger partial charge in [-0.15, -0.1) is 0 Å². The molecule has 1 aromatic heterocycles. The number of benzene rings is 3. The fourth-order valence-corrected chi connectivity index (χ4v) is 7.14. The summed E-state index contributed by atoms with van der Waals surface area (Å²) < 4.78 is 2.95. The van der Waals surface area contributed by atoms with Crippen LogP contribution in [0.5, 0.6) is 0 Å². The third-order valence-corrected chi connectivity index (χ3v) is 8.67. The van der Waals surface area contributed by atoms with Gasteiger partial charge < -0.3 is 9.80 Å². The van der Waals surface area contributed by atoms with Crippen molar-refractivity contribution in [2.24, 2.45) is 0 Å². The summed E-state index contributed by atoms with van der Waals surface area (Å²) in [4.78, 5) is 8.65. The fraction of sp³-hybridized carbons (Fsp3) is 0.242. The van der Waals surface area contributed by atoms with Crippen LogP contribution < -0.4 is 9.80 Å². The van der Waals surface area contributed by atoms with Gasteiger partial charge in [0.05, 0.1) is 0 Å². The van der Waals surface area contributed by atoms with Crippen molar-refractivity contribution in [2.45, 2.75) is 41.5 Å². The molecule has 214 valence electrons. The van der Waals surface area contributed by atoms with Crippen molar-refractivity contribution in [3.8, 4) is 0 Å². The molecular weight excluding hydrogens is 690 g/mol. The molecule has 1 aliphatic heterocycles. The molecule has 0 atom stereocenters. The monoisotopic (exact) mass is 726 g/mol. The van der Waals surface area contributed by atoms with Crippen LogP contribution in [0.4, 0.5) is 11.4 Å². The summed E-state index contributed by atoms with van der Waals surface area (Å²) in [6, 6.07) is 22.8. The zero-order valence-electron chi connectivity index (χ0n) is 23.9. The zero-order chi connectivity index (χ0) is 29.2. The van der Waals surface area contributed by atoms with Crippen LogP contribution in [-0.4, -0.2) is 22.7 Å². The number of halogens is 3. The van der Waals surface area contributed by atoms with Gasteiger partial charge in [-0.1, -0.05) is 35.4 Å². The van der Waals surface area contributed by atoms with E-state index < -0.39 is 13.5 Å². The number of hydrogen-bond acceptors (Lipinski definition) is 3. The Morgan fingerprint density at radius 3 is 1.57 bits per heavy atom. The number of anilines is 2. The molecule has 0 aliphatic carbocycles. The van der Waals surface area contributed by atoms with Gasteiger partial charge in [0, 0.05) is 41.3 Å². The molecule has 1 saturated heterocycles. The fourth-order valence-electron chi connectivity index (χ4n) is 5.04. The van der Waals surface area contributed by atoms with Crippen molar-refractivity contribution in [1.82, 2.24) is 4.98 Å². The molecule has 7 heteroatoms. The van der Waals surface area contributed by atoms with Crippen LogP contribution in [0, 0.1) is 48.2 Å². The first-order valence-electron chi connectivity index (χ1n) is 13.0. The van der Waals surface area contributed by atoms with Gasteiger partial charge in [-0.3, -0.25) is 4.98 Å². The van der Waals surface area contributed by atoms with Crippen molar-refractivity contribution in [1.29, 1.82) is 0 Å². The van der Waals surface area contributed by atoms with Crippen molar-refractivity contribution in [3.63, 3.8) is 0 Å². The minimum absolute atomic E-state index is 1.02. The topological polar surface area (TPSA) is 19.4 Å². The Morgan fingerprint density at radius 2 is 1.23 bits per heavy atom. The summed E-state index contributed by atoms with van der Waals surface area (Å²) in [7, 11) is 11.3. The van der Waals surface area contributed by atoms with E-state index in [4.69, 9.17) is 19.4 Å². The number of pyridine rings is 1. The van der Waals surface area contributed by atoms with Gasteiger partial charge in [0.1, 0.15) is 0 Å². The third kappa shape index (κ3) is 9.80. The quantitative estimate of drug-likeness (QED) is 0.155. The molecule has 3 nitrogen and oxygen atoms in total. The van der Waals surface area contributed by atoms with Crippen LogP contribution in [0.25, 0.3) is 0 Å². The maximum absolute atomic E-state index is 5.67. The van der Waals surface area contributed by atoms with E-state index in [0.29, 0.717) is 0 Å². The molecule has 5 rings (SSSR count). The average Bonchev–Trinajstić information content (AvgIpc) is 3.33. The number of hydrogen-bond donors (Lipinski definition) is 0. The van der Waals surface area contributed by atoms with E-state index in [1.54, 1.807) is 12.4 Å². The van der Waals surface area contributed by atoms with Crippen molar-refractivity contribution < 1.29 is 13.5 Å². The first kappa shape index (κ1) is 32.5. The Balaban J connectivity index is 0.000000212. The van der Waals surface area contributed by atoms with Crippen molar-refractivity contribution in [3.05, 3.63) is 129 Å². The summed E-state index contributed by atoms with van der Waals surface area (Å²) in [6.07, 6.45) is 3.49. The van der Waals surface area contributed by atoms with E-state index in [1.165, 1.54) is 44.8 Å². The molecule has 0 saturated carbocycles. The molecule has 0 unspecified atom stereocenters. The average molecular weight is 728 g/mol. The summed E-state index contributed by atoms with van der Waals surface area (Å²) in [5.41, 5.74) is 12.0. The SMILES string of the molecule is Brc1cccnc1.Cc1cc(C)c(N2[CH-]N(c3c(C)cc(C)cc3C)CC2)c(C)c1.[Cl][Ru]([Cl])=[CH]c1ccccc1. The van der Waals surface area contributed by atoms with E-state index >= 15 is 0 Å². The van der Waals surface area contributed by atoms with E-state index in [-0.39, 0.29) is 0 Å². The second kappa shape index (κ2) is 15.8. The van der Waals surface area contributed by atoms with E-state index in [0.717, 1.165) is 23.1 Å². The third-order valence-electron chi connectivity index (χ3n) is 6.33. The molecule has 1 fully saturated rings. The van der Waals surface area contributed by atoms with Crippen molar-refractivity contribution in [2.75, 3.05) is 22.9 Å². The van der Waals surface area contributed by atoms with Crippen LogP contribution in [-0.2, 0) is 13.5 Å². The molecule has 0 bridgehead atoms. The second-order valence-electron chi connectivity index (χ2n) is 9.89. The van der Waals surface area contributed by atoms with Gasteiger partial charge >= 0.3 is 73.4 Å². The van der Waals surface area contributed by atoms with Crippen LogP contribution in [0.1, 0.15) is 38.9 Å². The Bertz CT molecular complexity index is 1320. The molecule has 1 aliphatic rings. The zero-order valence-corrected chi connectivity index (χ0v) is 28.7. The Labute approximate surface area is 261 Å². The van der Waals surface area contributed by atoms with Gasteiger partial charge in [0.2, 0.25) is 0 Å². The molecule has 0 radical (unpaired) electrons. The Morgan fingerprint density at radius 1 is 0.750 bits per heavy atom. The molecule has 0 amide bonds. The molecule has 4 aromatic rings. The van der Waals surface area contributed by atoms with Crippen LogP contribution >= 0.6 is 35.3 Å². The van der Waals surface area contributed by atoms with Crippen LogP contribution in [0.3, 0.4) is 0 Å². The number of nitrogens with zero attached hydrogens (tertiary/aromatic N) is 3. The summed E-state index contributed by atoms with van der Waals surface area (Å²) in [5.74, 6) is 0. The van der Waals surface area contributed by atoms with E-state index in [2.05, 4.69) is 103 Å². The predicted molar refractivity (Wildman–Crippen MR) is 176 cm³/mol. The van der Waals surface area contributed by atoms with Gasteiger partial charge in [-0.05, 0) is 91.9 Å². The maximum atomic E-state index is 5.67. The standard InChI is InChI=1S/C21H27N2.C7H6.C5H4BrN.2ClH.Ru/c1-14-9-16(3)20(17(4)10-14)22-7-8-23(13-22)21-18(5)11-15(2)12-19(21)6;1-7-5-3-2-4-6-7;6-5-2-1-3-7-4-5;;;/h9-13H,7-8H2,1-6H3;1-6H;1-4H;2*1H;/q-1;;;;;+2/p-2. The van der Waals surface area contributed by atoms with Crippen LogP contribution in [0.2, 0.25) is 0 Å². The Hall–Kier alpha value is -2.04. The predicted octanol–water partition coefficient (Wildman–Crippen LogP) is 9.59. The molecule has 40 heavy (non-hydrogen) atoms. The van der Waals surface area contributed by atoms with E-state index in [1.807, 2.05) is 47.1 Å².